The number of carbonyl (C=O) groups is 1. The topological polar surface area (TPSA) is 72.3 Å². The molecule has 7 heteroatoms. The second-order valence-corrected chi connectivity index (χ2v) is 4.85. The summed E-state index contributed by atoms with van der Waals surface area (Å²) in [4.78, 5) is 10.5. The van der Waals surface area contributed by atoms with Crippen molar-refractivity contribution in [1.82, 2.24) is 9.59 Å². The molecule has 18 heavy (non-hydrogen) atoms. The molecule has 0 saturated heterocycles. The van der Waals surface area contributed by atoms with Gasteiger partial charge in [-0.15, -0.1) is 5.10 Å². The molecular weight excluding hydrogens is 276 g/mol. The van der Waals surface area contributed by atoms with Gasteiger partial charge in [0.1, 0.15) is 22.4 Å². The number of benzene rings is 1. The van der Waals surface area contributed by atoms with Crippen molar-refractivity contribution in [3.8, 4) is 5.75 Å². The summed E-state index contributed by atoms with van der Waals surface area (Å²) in [6, 6.07) is 6.85. The van der Waals surface area contributed by atoms with Gasteiger partial charge in [0.05, 0.1) is 6.42 Å². The zero-order valence-corrected chi connectivity index (χ0v) is 10.7. The molecule has 0 aliphatic rings. The van der Waals surface area contributed by atoms with Crippen molar-refractivity contribution in [2.24, 2.45) is 0 Å². The minimum atomic E-state index is -0.857. The van der Waals surface area contributed by atoms with E-state index in [2.05, 4.69) is 9.59 Å². The van der Waals surface area contributed by atoms with Gasteiger partial charge in [0, 0.05) is 11.5 Å². The van der Waals surface area contributed by atoms with E-state index < -0.39 is 5.97 Å². The molecule has 5 nitrogen and oxygen atoms in total. The van der Waals surface area contributed by atoms with E-state index in [0.29, 0.717) is 15.8 Å². The maximum absolute atomic E-state index is 10.5. The Labute approximate surface area is 112 Å². The van der Waals surface area contributed by atoms with Gasteiger partial charge in [-0.05, 0) is 17.7 Å². The maximum atomic E-state index is 10.5. The van der Waals surface area contributed by atoms with E-state index in [1.54, 1.807) is 24.3 Å². The standard InChI is InChI=1S/C11H9ClN2O3S/c12-11-9(13-14-18-11)6-17-8-3-1-7(2-4-8)5-10(15)16/h1-4H,5-6H2,(H,15,16). The van der Waals surface area contributed by atoms with E-state index in [9.17, 15) is 4.79 Å². The van der Waals surface area contributed by atoms with Gasteiger partial charge in [-0.2, -0.15) is 0 Å². The Hall–Kier alpha value is -1.66. The van der Waals surface area contributed by atoms with Crippen LogP contribution in [0.25, 0.3) is 0 Å². The molecule has 1 aromatic heterocycles. The number of ether oxygens (including phenoxy) is 1. The molecule has 0 bridgehead atoms. The van der Waals surface area contributed by atoms with Gasteiger partial charge in [0.15, 0.2) is 0 Å². The number of nitrogens with zero attached hydrogens (tertiary/aromatic N) is 2. The Bertz CT molecular complexity index is 541. The molecule has 0 aliphatic heterocycles. The Kier molecular flexibility index (Phi) is 4.11. The molecule has 0 fully saturated rings. The van der Waals surface area contributed by atoms with Gasteiger partial charge < -0.3 is 9.84 Å². The fourth-order valence-electron chi connectivity index (χ4n) is 1.31. The molecule has 2 rings (SSSR count). The lowest BCUT2D eigenvalue weighted by Crippen LogP contribution is -2.00. The van der Waals surface area contributed by atoms with Gasteiger partial charge >= 0.3 is 5.97 Å². The smallest absolute Gasteiger partial charge is 0.307 e. The number of aliphatic carboxylic acids is 1. The van der Waals surface area contributed by atoms with E-state index in [-0.39, 0.29) is 13.0 Å². The van der Waals surface area contributed by atoms with Gasteiger partial charge in [-0.3, -0.25) is 4.79 Å². The molecule has 94 valence electrons. The fourth-order valence-corrected chi connectivity index (χ4v) is 1.91. The fraction of sp³-hybridized carbons (Fsp3) is 0.182. The molecule has 0 unspecified atom stereocenters. The Morgan fingerprint density at radius 1 is 1.39 bits per heavy atom. The molecule has 0 amide bonds. The van der Waals surface area contributed by atoms with Crippen molar-refractivity contribution in [2.45, 2.75) is 13.0 Å². The van der Waals surface area contributed by atoms with Gasteiger partial charge in [-0.25, -0.2) is 0 Å². The predicted octanol–water partition coefficient (Wildman–Crippen LogP) is 2.40. The van der Waals surface area contributed by atoms with Gasteiger partial charge in [-0.1, -0.05) is 28.2 Å². The maximum Gasteiger partial charge on any atom is 0.307 e. The van der Waals surface area contributed by atoms with Crippen molar-refractivity contribution in [3.05, 3.63) is 39.9 Å². The number of aromatic nitrogens is 2. The monoisotopic (exact) mass is 284 g/mol. The number of hydrogen-bond acceptors (Lipinski definition) is 5. The largest absolute Gasteiger partial charge is 0.487 e. The highest BCUT2D eigenvalue weighted by Crippen LogP contribution is 2.20. The normalized spacial score (nSPS) is 10.3. The highest BCUT2D eigenvalue weighted by Gasteiger charge is 2.06. The van der Waals surface area contributed by atoms with Crippen molar-refractivity contribution < 1.29 is 14.6 Å². The third-order valence-corrected chi connectivity index (χ3v) is 3.15. The summed E-state index contributed by atoms with van der Waals surface area (Å²) in [5.74, 6) is -0.225. The van der Waals surface area contributed by atoms with Crippen molar-refractivity contribution in [3.63, 3.8) is 0 Å². The lowest BCUT2D eigenvalue weighted by Gasteiger charge is -2.04. The highest BCUT2D eigenvalue weighted by atomic mass is 35.5. The van der Waals surface area contributed by atoms with E-state index in [1.807, 2.05) is 0 Å². The van der Waals surface area contributed by atoms with E-state index >= 15 is 0 Å². The van der Waals surface area contributed by atoms with Crippen molar-refractivity contribution >= 4 is 29.1 Å². The lowest BCUT2D eigenvalue weighted by molar-refractivity contribution is -0.136. The van der Waals surface area contributed by atoms with Crippen LogP contribution in [-0.2, 0) is 17.8 Å². The van der Waals surface area contributed by atoms with Crippen molar-refractivity contribution in [1.29, 1.82) is 0 Å². The van der Waals surface area contributed by atoms with Crippen LogP contribution in [0.4, 0.5) is 0 Å². The molecular formula is C11H9ClN2O3S. The van der Waals surface area contributed by atoms with Crippen LogP contribution >= 0.6 is 23.1 Å². The second kappa shape index (κ2) is 5.79. The van der Waals surface area contributed by atoms with Crippen molar-refractivity contribution in [2.75, 3.05) is 0 Å². The summed E-state index contributed by atoms with van der Waals surface area (Å²) in [7, 11) is 0. The summed E-state index contributed by atoms with van der Waals surface area (Å²) >= 11 is 6.94. The lowest BCUT2D eigenvalue weighted by atomic mass is 10.1. The number of carboxylic acids is 1. The van der Waals surface area contributed by atoms with E-state index in [0.717, 1.165) is 17.1 Å². The molecule has 0 saturated carbocycles. The summed E-state index contributed by atoms with van der Waals surface area (Å²) in [6.07, 6.45) is 0.00210. The Balaban J connectivity index is 1.94. The SMILES string of the molecule is O=C(O)Cc1ccc(OCc2nnsc2Cl)cc1. The molecule has 0 spiro atoms. The summed E-state index contributed by atoms with van der Waals surface area (Å²) in [6.45, 7) is 0.244. The van der Waals surface area contributed by atoms with E-state index in [4.69, 9.17) is 21.4 Å². The molecule has 0 aliphatic carbocycles. The molecule has 0 atom stereocenters. The first-order valence-corrected chi connectivity index (χ1v) is 6.20. The van der Waals surface area contributed by atoms with E-state index in [1.165, 1.54) is 0 Å². The molecule has 1 heterocycles. The van der Waals surface area contributed by atoms with Crippen LogP contribution in [0.5, 0.6) is 5.75 Å². The number of hydrogen-bond donors (Lipinski definition) is 1. The number of carboxylic acid groups (broad SMARTS) is 1. The average Bonchev–Trinajstić information content (AvgIpc) is 2.73. The average molecular weight is 285 g/mol. The first-order valence-electron chi connectivity index (χ1n) is 5.05. The van der Waals surface area contributed by atoms with Crippen LogP contribution in [0.15, 0.2) is 24.3 Å². The van der Waals surface area contributed by atoms with Crippen LogP contribution in [0, 0.1) is 0 Å². The number of rotatable bonds is 5. The van der Waals surface area contributed by atoms with Gasteiger partial charge in [0.25, 0.3) is 0 Å². The second-order valence-electron chi connectivity index (χ2n) is 3.50. The predicted molar refractivity (Wildman–Crippen MR) is 67.0 cm³/mol. The zero-order chi connectivity index (χ0) is 13.0. The minimum Gasteiger partial charge on any atom is -0.487 e. The molecule has 0 radical (unpaired) electrons. The summed E-state index contributed by atoms with van der Waals surface area (Å²) < 4.78 is 9.67. The zero-order valence-electron chi connectivity index (χ0n) is 9.17. The van der Waals surface area contributed by atoms with Crippen LogP contribution < -0.4 is 4.74 Å². The Morgan fingerprint density at radius 3 is 2.67 bits per heavy atom. The van der Waals surface area contributed by atoms with Crippen LogP contribution in [-0.4, -0.2) is 20.7 Å². The Morgan fingerprint density at radius 2 is 2.11 bits per heavy atom. The molecule has 2 aromatic rings. The van der Waals surface area contributed by atoms with Crippen LogP contribution in [0.3, 0.4) is 0 Å². The summed E-state index contributed by atoms with van der Waals surface area (Å²) in [5, 5.41) is 12.5. The third-order valence-electron chi connectivity index (χ3n) is 2.16. The third kappa shape index (κ3) is 3.41. The first kappa shape index (κ1) is 12.8. The van der Waals surface area contributed by atoms with Crippen LogP contribution in [0.2, 0.25) is 4.34 Å². The molecule has 1 aromatic carbocycles. The van der Waals surface area contributed by atoms with Crippen LogP contribution in [0.1, 0.15) is 11.3 Å². The van der Waals surface area contributed by atoms with Gasteiger partial charge in [0.2, 0.25) is 0 Å². The highest BCUT2D eigenvalue weighted by molar-refractivity contribution is 7.10. The summed E-state index contributed by atoms with van der Waals surface area (Å²) in [5.41, 5.74) is 1.32. The minimum absolute atomic E-state index is 0.00210. The number of halogens is 1. The molecule has 1 N–H and O–H groups in total. The quantitative estimate of drug-likeness (QED) is 0.913. The first-order chi connectivity index (χ1) is 8.65.